The van der Waals surface area contributed by atoms with Crippen LogP contribution in [0.1, 0.15) is 59.8 Å². The first-order valence-corrected chi connectivity index (χ1v) is 6.40. The summed E-state index contributed by atoms with van der Waals surface area (Å²) in [4.78, 5) is 0. The standard InChI is InChI=1S/C14H25N/c1-11(2)9-14(10-15)7-5-13(6-8-14)12(3)4/h11-13H,5-9H2,1-4H3. The van der Waals surface area contributed by atoms with Crippen molar-refractivity contribution in [3.05, 3.63) is 0 Å². The fourth-order valence-electron chi connectivity index (χ4n) is 3.00. The molecule has 0 radical (unpaired) electrons. The first kappa shape index (κ1) is 12.6. The average molecular weight is 207 g/mol. The largest absolute Gasteiger partial charge is 0.198 e. The highest BCUT2D eigenvalue weighted by Gasteiger charge is 2.36. The molecule has 0 aromatic heterocycles. The predicted octanol–water partition coefficient (Wildman–Crippen LogP) is 4.39. The Morgan fingerprint density at radius 2 is 1.73 bits per heavy atom. The molecule has 86 valence electrons. The van der Waals surface area contributed by atoms with Gasteiger partial charge in [0.1, 0.15) is 0 Å². The van der Waals surface area contributed by atoms with Crippen molar-refractivity contribution in [2.45, 2.75) is 59.8 Å². The van der Waals surface area contributed by atoms with Crippen LogP contribution in [0.15, 0.2) is 0 Å². The van der Waals surface area contributed by atoms with Gasteiger partial charge in [0.2, 0.25) is 0 Å². The topological polar surface area (TPSA) is 23.8 Å². The van der Waals surface area contributed by atoms with Gasteiger partial charge in [0, 0.05) is 0 Å². The zero-order chi connectivity index (χ0) is 11.5. The molecule has 1 rings (SSSR count). The van der Waals surface area contributed by atoms with Crippen LogP contribution in [-0.2, 0) is 0 Å². The summed E-state index contributed by atoms with van der Waals surface area (Å²) in [6.45, 7) is 9.08. The van der Waals surface area contributed by atoms with E-state index < -0.39 is 0 Å². The molecule has 0 saturated heterocycles. The van der Waals surface area contributed by atoms with Crippen LogP contribution >= 0.6 is 0 Å². The molecule has 0 bridgehead atoms. The van der Waals surface area contributed by atoms with Crippen molar-refractivity contribution < 1.29 is 0 Å². The lowest BCUT2D eigenvalue weighted by Crippen LogP contribution is -2.29. The minimum Gasteiger partial charge on any atom is -0.198 e. The zero-order valence-electron chi connectivity index (χ0n) is 10.7. The Balaban J connectivity index is 2.56. The fourth-order valence-corrected chi connectivity index (χ4v) is 3.00. The molecule has 0 aromatic carbocycles. The fraction of sp³-hybridized carbons (Fsp3) is 0.929. The lowest BCUT2D eigenvalue weighted by molar-refractivity contribution is 0.152. The third-order valence-electron chi connectivity index (χ3n) is 3.97. The summed E-state index contributed by atoms with van der Waals surface area (Å²) in [6.07, 6.45) is 5.87. The van der Waals surface area contributed by atoms with Crippen molar-refractivity contribution in [1.29, 1.82) is 5.26 Å². The summed E-state index contributed by atoms with van der Waals surface area (Å²) in [5.41, 5.74) is 0.0134. The van der Waals surface area contributed by atoms with Gasteiger partial charge in [-0.3, -0.25) is 0 Å². The summed E-state index contributed by atoms with van der Waals surface area (Å²) in [7, 11) is 0. The number of hydrogen-bond donors (Lipinski definition) is 0. The highest BCUT2D eigenvalue weighted by molar-refractivity contribution is 5.02. The van der Waals surface area contributed by atoms with Crippen LogP contribution in [0, 0.1) is 34.5 Å². The number of hydrogen-bond acceptors (Lipinski definition) is 1. The third-order valence-corrected chi connectivity index (χ3v) is 3.97. The number of rotatable bonds is 3. The molecule has 1 aliphatic carbocycles. The van der Waals surface area contributed by atoms with Crippen LogP contribution in [-0.4, -0.2) is 0 Å². The van der Waals surface area contributed by atoms with E-state index in [1.807, 2.05) is 0 Å². The molecule has 1 aliphatic rings. The van der Waals surface area contributed by atoms with Gasteiger partial charge in [0.25, 0.3) is 0 Å². The van der Waals surface area contributed by atoms with E-state index in [2.05, 4.69) is 33.8 Å². The first-order chi connectivity index (χ1) is 6.99. The normalized spacial score (nSPS) is 31.9. The Labute approximate surface area is 94.9 Å². The van der Waals surface area contributed by atoms with Crippen LogP contribution in [0.25, 0.3) is 0 Å². The molecular weight excluding hydrogens is 182 g/mol. The summed E-state index contributed by atoms with van der Waals surface area (Å²) in [5.74, 6) is 2.31. The van der Waals surface area contributed by atoms with E-state index in [1.54, 1.807) is 0 Å². The Bertz CT molecular complexity index is 226. The predicted molar refractivity (Wildman–Crippen MR) is 64.3 cm³/mol. The molecule has 15 heavy (non-hydrogen) atoms. The first-order valence-electron chi connectivity index (χ1n) is 6.40. The zero-order valence-corrected chi connectivity index (χ0v) is 10.7. The second kappa shape index (κ2) is 5.01. The van der Waals surface area contributed by atoms with Crippen LogP contribution in [0.4, 0.5) is 0 Å². The van der Waals surface area contributed by atoms with Crippen molar-refractivity contribution in [2.75, 3.05) is 0 Å². The lowest BCUT2D eigenvalue weighted by Gasteiger charge is -2.37. The average Bonchev–Trinajstić information content (AvgIpc) is 2.17. The van der Waals surface area contributed by atoms with Gasteiger partial charge in [-0.15, -0.1) is 0 Å². The highest BCUT2D eigenvalue weighted by Crippen LogP contribution is 2.44. The Hall–Kier alpha value is -0.510. The SMILES string of the molecule is CC(C)CC1(C#N)CCC(C(C)C)CC1. The van der Waals surface area contributed by atoms with Crippen LogP contribution in [0.3, 0.4) is 0 Å². The minimum absolute atomic E-state index is 0.0134. The summed E-state index contributed by atoms with van der Waals surface area (Å²) < 4.78 is 0. The van der Waals surface area contributed by atoms with Gasteiger partial charge in [-0.1, -0.05) is 27.7 Å². The monoisotopic (exact) mass is 207 g/mol. The minimum atomic E-state index is 0.0134. The van der Waals surface area contributed by atoms with Gasteiger partial charge >= 0.3 is 0 Å². The molecule has 1 fully saturated rings. The molecular formula is C14H25N. The quantitative estimate of drug-likeness (QED) is 0.673. The second-order valence-electron chi connectivity index (χ2n) is 6.07. The summed E-state index contributed by atoms with van der Waals surface area (Å²) >= 11 is 0. The van der Waals surface area contributed by atoms with Crippen LogP contribution in [0.2, 0.25) is 0 Å². The Morgan fingerprint density at radius 1 is 1.20 bits per heavy atom. The van der Waals surface area contributed by atoms with Gasteiger partial charge in [-0.25, -0.2) is 0 Å². The van der Waals surface area contributed by atoms with Crippen molar-refractivity contribution in [3.63, 3.8) is 0 Å². The number of nitriles is 1. The van der Waals surface area contributed by atoms with Crippen molar-refractivity contribution >= 4 is 0 Å². The number of nitrogens with zero attached hydrogens (tertiary/aromatic N) is 1. The molecule has 0 unspecified atom stereocenters. The van der Waals surface area contributed by atoms with E-state index in [0.717, 1.165) is 31.1 Å². The smallest absolute Gasteiger partial charge is 0.0689 e. The highest BCUT2D eigenvalue weighted by atomic mass is 14.4. The molecule has 1 heteroatoms. The molecule has 0 atom stereocenters. The van der Waals surface area contributed by atoms with E-state index in [4.69, 9.17) is 0 Å². The van der Waals surface area contributed by atoms with E-state index in [0.29, 0.717) is 5.92 Å². The van der Waals surface area contributed by atoms with Crippen molar-refractivity contribution in [1.82, 2.24) is 0 Å². The molecule has 0 aromatic rings. The molecule has 1 saturated carbocycles. The van der Waals surface area contributed by atoms with Crippen LogP contribution < -0.4 is 0 Å². The van der Waals surface area contributed by atoms with Gasteiger partial charge < -0.3 is 0 Å². The molecule has 0 heterocycles. The van der Waals surface area contributed by atoms with E-state index in [-0.39, 0.29) is 5.41 Å². The van der Waals surface area contributed by atoms with Gasteiger partial charge in [-0.05, 0) is 49.9 Å². The molecule has 0 aliphatic heterocycles. The van der Waals surface area contributed by atoms with E-state index in [9.17, 15) is 5.26 Å². The molecule has 0 N–H and O–H groups in total. The summed E-state index contributed by atoms with van der Waals surface area (Å²) in [6, 6.07) is 2.61. The van der Waals surface area contributed by atoms with E-state index in [1.165, 1.54) is 12.8 Å². The van der Waals surface area contributed by atoms with Gasteiger partial charge in [0.05, 0.1) is 11.5 Å². The molecule has 0 amide bonds. The summed E-state index contributed by atoms with van der Waals surface area (Å²) in [5, 5.41) is 9.37. The lowest BCUT2D eigenvalue weighted by atomic mass is 9.66. The maximum absolute atomic E-state index is 9.37. The Morgan fingerprint density at radius 3 is 2.07 bits per heavy atom. The Kier molecular flexibility index (Phi) is 4.20. The van der Waals surface area contributed by atoms with Crippen molar-refractivity contribution in [2.24, 2.45) is 23.2 Å². The van der Waals surface area contributed by atoms with Gasteiger partial charge in [0.15, 0.2) is 0 Å². The third kappa shape index (κ3) is 3.23. The van der Waals surface area contributed by atoms with Gasteiger partial charge in [-0.2, -0.15) is 5.26 Å². The maximum atomic E-state index is 9.37. The van der Waals surface area contributed by atoms with Crippen molar-refractivity contribution in [3.8, 4) is 6.07 Å². The van der Waals surface area contributed by atoms with Crippen LogP contribution in [0.5, 0.6) is 0 Å². The maximum Gasteiger partial charge on any atom is 0.0689 e. The molecule has 0 spiro atoms. The molecule has 1 nitrogen and oxygen atoms in total. The van der Waals surface area contributed by atoms with E-state index >= 15 is 0 Å². The second-order valence-corrected chi connectivity index (χ2v) is 6.07.